The van der Waals surface area contributed by atoms with Gasteiger partial charge in [-0.05, 0) is 42.0 Å². The number of hydrogen-bond donors (Lipinski definition) is 1. The van der Waals surface area contributed by atoms with Crippen molar-refractivity contribution in [2.24, 2.45) is 0 Å². The first-order valence-corrected chi connectivity index (χ1v) is 7.83. The van der Waals surface area contributed by atoms with Gasteiger partial charge in [-0.2, -0.15) is 0 Å². The number of nitrogens with one attached hydrogen (secondary N) is 1. The molecular formula is C19H22N2O4. The molecule has 0 heterocycles. The number of nitrogens with zero attached hydrogens (tertiary/aromatic N) is 1. The van der Waals surface area contributed by atoms with E-state index in [1.165, 1.54) is 4.90 Å². The van der Waals surface area contributed by atoms with E-state index >= 15 is 0 Å². The Hall–Kier alpha value is -3.02. The van der Waals surface area contributed by atoms with Crippen LogP contribution < -0.4 is 14.8 Å². The maximum atomic E-state index is 12.1. The maximum Gasteiger partial charge on any atom is 0.259 e. The third kappa shape index (κ3) is 5.84. The number of amides is 2. The van der Waals surface area contributed by atoms with Crippen molar-refractivity contribution >= 4 is 17.5 Å². The van der Waals surface area contributed by atoms with Crippen LogP contribution in [0, 0.1) is 0 Å². The molecule has 0 saturated heterocycles. The average molecular weight is 342 g/mol. The molecule has 0 aliphatic rings. The zero-order valence-corrected chi connectivity index (χ0v) is 14.6. The molecule has 6 nitrogen and oxygen atoms in total. The number of likely N-dealkylation sites (N-methyl/N-ethyl adjacent to an activating group) is 1. The van der Waals surface area contributed by atoms with Crippen LogP contribution in [0.4, 0.5) is 5.69 Å². The number of rotatable bonds is 7. The molecule has 0 spiro atoms. The van der Waals surface area contributed by atoms with Gasteiger partial charge in [0.1, 0.15) is 11.5 Å². The second-order valence-electron chi connectivity index (χ2n) is 5.68. The van der Waals surface area contributed by atoms with Gasteiger partial charge >= 0.3 is 0 Å². The van der Waals surface area contributed by atoms with Gasteiger partial charge in [-0.15, -0.1) is 0 Å². The fourth-order valence-corrected chi connectivity index (χ4v) is 2.08. The van der Waals surface area contributed by atoms with E-state index in [1.807, 2.05) is 24.3 Å². The van der Waals surface area contributed by atoms with Gasteiger partial charge < -0.3 is 19.7 Å². The SMILES string of the molecule is COc1cccc(CC(=O)Nc2ccc(OCC(=O)N(C)C)cc2)c1. The zero-order chi connectivity index (χ0) is 18.2. The van der Waals surface area contributed by atoms with Gasteiger partial charge in [-0.1, -0.05) is 12.1 Å². The minimum absolute atomic E-state index is 0.0193. The van der Waals surface area contributed by atoms with Crippen LogP contribution in [0.2, 0.25) is 0 Å². The summed E-state index contributed by atoms with van der Waals surface area (Å²) in [5.41, 5.74) is 1.54. The lowest BCUT2D eigenvalue weighted by Crippen LogP contribution is -2.27. The number of hydrogen-bond acceptors (Lipinski definition) is 4. The van der Waals surface area contributed by atoms with Crippen LogP contribution in [0.15, 0.2) is 48.5 Å². The summed E-state index contributed by atoms with van der Waals surface area (Å²) in [4.78, 5) is 25.1. The minimum Gasteiger partial charge on any atom is -0.497 e. The summed E-state index contributed by atoms with van der Waals surface area (Å²) in [6.45, 7) is -0.0193. The summed E-state index contributed by atoms with van der Waals surface area (Å²) in [7, 11) is 4.94. The molecule has 2 amide bonds. The number of carbonyl (C=O) groups is 2. The highest BCUT2D eigenvalue weighted by Crippen LogP contribution is 2.17. The van der Waals surface area contributed by atoms with Gasteiger partial charge in [0.15, 0.2) is 6.61 Å². The smallest absolute Gasteiger partial charge is 0.259 e. The van der Waals surface area contributed by atoms with Crippen molar-refractivity contribution in [1.82, 2.24) is 4.90 Å². The van der Waals surface area contributed by atoms with Crippen molar-refractivity contribution in [2.75, 3.05) is 33.1 Å². The fraction of sp³-hybridized carbons (Fsp3) is 0.263. The molecule has 2 aromatic carbocycles. The lowest BCUT2D eigenvalue weighted by atomic mass is 10.1. The third-order valence-corrected chi connectivity index (χ3v) is 3.50. The highest BCUT2D eigenvalue weighted by molar-refractivity contribution is 5.92. The Labute approximate surface area is 147 Å². The Morgan fingerprint density at radius 2 is 1.76 bits per heavy atom. The van der Waals surface area contributed by atoms with Crippen LogP contribution in [0.5, 0.6) is 11.5 Å². The normalized spacial score (nSPS) is 10.0. The van der Waals surface area contributed by atoms with Crippen molar-refractivity contribution < 1.29 is 19.1 Å². The molecule has 0 bridgehead atoms. The number of ether oxygens (including phenoxy) is 2. The average Bonchev–Trinajstić information content (AvgIpc) is 2.60. The highest BCUT2D eigenvalue weighted by atomic mass is 16.5. The largest absolute Gasteiger partial charge is 0.497 e. The molecule has 132 valence electrons. The molecule has 0 radical (unpaired) electrons. The van der Waals surface area contributed by atoms with Crippen LogP contribution in [-0.2, 0) is 16.0 Å². The van der Waals surface area contributed by atoms with E-state index in [9.17, 15) is 9.59 Å². The summed E-state index contributed by atoms with van der Waals surface area (Å²) >= 11 is 0. The van der Waals surface area contributed by atoms with E-state index in [0.717, 1.165) is 11.3 Å². The second-order valence-corrected chi connectivity index (χ2v) is 5.68. The molecule has 25 heavy (non-hydrogen) atoms. The lowest BCUT2D eigenvalue weighted by Gasteiger charge is -2.12. The number of anilines is 1. The van der Waals surface area contributed by atoms with Gasteiger partial charge in [0.25, 0.3) is 5.91 Å². The van der Waals surface area contributed by atoms with Crippen LogP contribution in [0.1, 0.15) is 5.56 Å². The van der Waals surface area contributed by atoms with E-state index in [0.29, 0.717) is 11.4 Å². The van der Waals surface area contributed by atoms with Gasteiger partial charge in [0, 0.05) is 19.8 Å². The van der Waals surface area contributed by atoms with Crippen molar-refractivity contribution in [3.63, 3.8) is 0 Å². The Morgan fingerprint density at radius 1 is 1.04 bits per heavy atom. The first-order chi connectivity index (χ1) is 12.0. The Morgan fingerprint density at radius 3 is 2.40 bits per heavy atom. The molecule has 0 fully saturated rings. The summed E-state index contributed by atoms with van der Waals surface area (Å²) in [5, 5.41) is 2.83. The summed E-state index contributed by atoms with van der Waals surface area (Å²) < 4.78 is 10.5. The molecule has 0 aromatic heterocycles. The van der Waals surface area contributed by atoms with E-state index in [2.05, 4.69) is 5.32 Å². The first-order valence-electron chi connectivity index (χ1n) is 7.83. The van der Waals surface area contributed by atoms with Crippen molar-refractivity contribution in [3.8, 4) is 11.5 Å². The molecule has 6 heteroatoms. The van der Waals surface area contributed by atoms with Crippen molar-refractivity contribution in [2.45, 2.75) is 6.42 Å². The molecule has 0 aliphatic carbocycles. The van der Waals surface area contributed by atoms with Crippen molar-refractivity contribution in [3.05, 3.63) is 54.1 Å². The molecule has 2 rings (SSSR count). The van der Waals surface area contributed by atoms with E-state index < -0.39 is 0 Å². The van der Waals surface area contributed by atoms with Gasteiger partial charge in [-0.25, -0.2) is 0 Å². The molecule has 1 N–H and O–H groups in total. The van der Waals surface area contributed by atoms with E-state index in [1.54, 1.807) is 45.5 Å². The molecular weight excluding hydrogens is 320 g/mol. The van der Waals surface area contributed by atoms with Crippen LogP contribution in [0.25, 0.3) is 0 Å². The molecule has 0 saturated carbocycles. The fourth-order valence-electron chi connectivity index (χ4n) is 2.08. The van der Waals surface area contributed by atoms with Crippen molar-refractivity contribution in [1.29, 1.82) is 0 Å². The number of benzene rings is 2. The Bertz CT molecular complexity index is 726. The van der Waals surface area contributed by atoms with Crippen LogP contribution in [0.3, 0.4) is 0 Å². The molecule has 2 aromatic rings. The monoisotopic (exact) mass is 342 g/mol. The summed E-state index contributed by atoms with van der Waals surface area (Å²) in [6.07, 6.45) is 0.257. The highest BCUT2D eigenvalue weighted by Gasteiger charge is 2.07. The topological polar surface area (TPSA) is 67.9 Å². The molecule has 0 aliphatic heterocycles. The van der Waals surface area contributed by atoms with Gasteiger partial charge in [-0.3, -0.25) is 9.59 Å². The third-order valence-electron chi connectivity index (χ3n) is 3.50. The Kier molecular flexibility index (Phi) is 6.39. The predicted molar refractivity (Wildman–Crippen MR) is 96.0 cm³/mol. The quantitative estimate of drug-likeness (QED) is 0.839. The molecule has 0 unspecified atom stereocenters. The predicted octanol–water partition coefficient (Wildman–Crippen LogP) is 2.34. The molecule has 0 atom stereocenters. The second kappa shape index (κ2) is 8.73. The first kappa shape index (κ1) is 18.3. The zero-order valence-electron chi connectivity index (χ0n) is 14.6. The van der Waals surface area contributed by atoms with Gasteiger partial charge in [0.2, 0.25) is 5.91 Å². The Balaban J connectivity index is 1.87. The maximum absolute atomic E-state index is 12.1. The van der Waals surface area contributed by atoms with Crippen LogP contribution in [-0.4, -0.2) is 44.5 Å². The van der Waals surface area contributed by atoms with E-state index in [4.69, 9.17) is 9.47 Å². The standard InChI is InChI=1S/C19H22N2O4/c1-21(2)19(23)13-25-16-9-7-15(8-10-16)20-18(22)12-14-5-4-6-17(11-14)24-3/h4-11H,12-13H2,1-3H3,(H,20,22). The van der Waals surface area contributed by atoms with Crippen LogP contribution >= 0.6 is 0 Å². The summed E-state index contributed by atoms with van der Waals surface area (Å²) in [6, 6.07) is 14.3. The minimum atomic E-state index is -0.121. The lowest BCUT2D eigenvalue weighted by molar-refractivity contribution is -0.130. The number of methoxy groups -OCH3 is 1. The van der Waals surface area contributed by atoms with E-state index in [-0.39, 0.29) is 24.8 Å². The number of carbonyl (C=O) groups excluding carboxylic acids is 2. The summed E-state index contributed by atoms with van der Waals surface area (Å²) in [5.74, 6) is 1.06. The van der Waals surface area contributed by atoms with Gasteiger partial charge in [0.05, 0.1) is 13.5 Å².